The first-order chi connectivity index (χ1) is 17.5. The van der Waals surface area contributed by atoms with Crippen LogP contribution >= 0.6 is 0 Å². The summed E-state index contributed by atoms with van der Waals surface area (Å²) in [6.45, 7) is 5.10. The van der Waals surface area contributed by atoms with E-state index in [1.54, 1.807) is 24.3 Å². The molecule has 192 valence electrons. The minimum Gasteiger partial charge on any atom is -0.447 e. The van der Waals surface area contributed by atoms with Gasteiger partial charge in [0.1, 0.15) is 13.4 Å². The third-order valence-electron chi connectivity index (χ3n) is 4.96. The molecular formula is C28H34N2O6. The van der Waals surface area contributed by atoms with Crippen LogP contribution < -0.4 is 11.1 Å². The Morgan fingerprint density at radius 1 is 1.00 bits per heavy atom. The van der Waals surface area contributed by atoms with Crippen LogP contribution in [0.4, 0.5) is 16.2 Å². The van der Waals surface area contributed by atoms with Crippen LogP contribution in [0.15, 0.2) is 78.9 Å². The van der Waals surface area contributed by atoms with Crippen molar-refractivity contribution in [3.63, 3.8) is 0 Å². The zero-order chi connectivity index (χ0) is 26.8. The average Bonchev–Trinajstić information content (AvgIpc) is 3.46. The molecule has 0 bridgehead atoms. The van der Waals surface area contributed by atoms with E-state index in [0.717, 1.165) is 37.8 Å². The van der Waals surface area contributed by atoms with Gasteiger partial charge in [0.2, 0.25) is 0 Å². The minimum absolute atomic E-state index is 0.0336. The Bertz CT molecular complexity index is 1040. The van der Waals surface area contributed by atoms with E-state index in [-0.39, 0.29) is 11.9 Å². The Hall–Kier alpha value is -4.01. The van der Waals surface area contributed by atoms with Crippen LogP contribution in [0.3, 0.4) is 0 Å². The van der Waals surface area contributed by atoms with Gasteiger partial charge in [0, 0.05) is 36.2 Å². The maximum Gasteiger partial charge on any atom is 0.411 e. The highest BCUT2D eigenvalue weighted by Crippen LogP contribution is 2.16. The molecule has 1 amide bonds. The number of hydrogen-bond donors (Lipinski definition) is 3. The number of nitrogen functional groups attached to an aromatic ring is 1. The standard InChI is InChI=1S/C13H17NO3.C13H11NO.CH4O.CH2O/c1-10-4-6-11(7-5-10)14-13(15)17-9-12-3-2-8-16-12;14-12-9-5-4-8-11(12)13(15)10-6-2-1-3-7-10;2*1-2/h4-7,12H,2-3,8-9H2,1H3,(H,14,15);1-9H,14H2;2H,1H3;1H2. The quantitative estimate of drug-likeness (QED) is 0.348. The van der Waals surface area contributed by atoms with Crippen LogP contribution in [0.1, 0.15) is 34.3 Å². The summed E-state index contributed by atoms with van der Waals surface area (Å²) in [6, 6.07) is 23.8. The van der Waals surface area contributed by atoms with E-state index in [4.69, 9.17) is 25.1 Å². The van der Waals surface area contributed by atoms with Crippen molar-refractivity contribution in [3.8, 4) is 0 Å². The number of hydrogen-bond acceptors (Lipinski definition) is 7. The molecule has 36 heavy (non-hydrogen) atoms. The van der Waals surface area contributed by atoms with Crippen LogP contribution in [0.25, 0.3) is 0 Å². The van der Waals surface area contributed by atoms with E-state index >= 15 is 0 Å². The highest BCUT2D eigenvalue weighted by Gasteiger charge is 2.17. The lowest BCUT2D eigenvalue weighted by molar-refractivity contribution is -0.0980. The number of amides is 1. The van der Waals surface area contributed by atoms with Crippen molar-refractivity contribution in [1.82, 2.24) is 0 Å². The summed E-state index contributed by atoms with van der Waals surface area (Å²) in [5, 5.41) is 9.68. The largest absolute Gasteiger partial charge is 0.447 e. The van der Waals surface area contributed by atoms with Crippen molar-refractivity contribution in [2.45, 2.75) is 25.9 Å². The lowest BCUT2D eigenvalue weighted by atomic mass is 10.0. The van der Waals surface area contributed by atoms with E-state index < -0.39 is 6.09 Å². The first-order valence-corrected chi connectivity index (χ1v) is 11.3. The zero-order valence-electron chi connectivity index (χ0n) is 20.7. The second-order valence-electron chi connectivity index (χ2n) is 7.51. The Balaban J connectivity index is 0.000000318. The highest BCUT2D eigenvalue weighted by molar-refractivity contribution is 6.11. The third kappa shape index (κ3) is 10.5. The molecule has 3 aromatic rings. The third-order valence-corrected chi connectivity index (χ3v) is 4.96. The van der Waals surface area contributed by atoms with Gasteiger partial charge in [-0.1, -0.05) is 60.2 Å². The van der Waals surface area contributed by atoms with Crippen LogP contribution in [-0.2, 0) is 14.3 Å². The fourth-order valence-corrected chi connectivity index (χ4v) is 3.18. The summed E-state index contributed by atoms with van der Waals surface area (Å²) in [5.74, 6) is -0.0336. The van der Waals surface area contributed by atoms with Gasteiger partial charge in [-0.3, -0.25) is 10.1 Å². The molecule has 8 nitrogen and oxygen atoms in total. The van der Waals surface area contributed by atoms with Crippen LogP contribution in [0.2, 0.25) is 0 Å². The fourth-order valence-electron chi connectivity index (χ4n) is 3.18. The van der Waals surface area contributed by atoms with E-state index in [2.05, 4.69) is 5.32 Å². The number of rotatable bonds is 5. The summed E-state index contributed by atoms with van der Waals surface area (Å²) < 4.78 is 10.4. The number of ketones is 1. The van der Waals surface area contributed by atoms with Crippen molar-refractivity contribution in [2.24, 2.45) is 0 Å². The second kappa shape index (κ2) is 17.4. The number of aryl methyl sites for hydroxylation is 1. The molecule has 1 aliphatic heterocycles. The lowest BCUT2D eigenvalue weighted by Crippen LogP contribution is -2.21. The molecule has 1 atom stereocenters. The number of nitrogens with one attached hydrogen (secondary N) is 1. The number of para-hydroxylation sites is 1. The van der Waals surface area contributed by atoms with Gasteiger partial charge in [0.05, 0.1) is 6.10 Å². The van der Waals surface area contributed by atoms with Crippen molar-refractivity contribution in [3.05, 3.63) is 95.6 Å². The molecule has 1 heterocycles. The van der Waals surface area contributed by atoms with Crippen molar-refractivity contribution < 1.29 is 29.0 Å². The van der Waals surface area contributed by atoms with Gasteiger partial charge in [-0.05, 0) is 44.0 Å². The van der Waals surface area contributed by atoms with Gasteiger partial charge >= 0.3 is 6.09 Å². The first kappa shape index (κ1) is 30.0. The summed E-state index contributed by atoms with van der Waals surface area (Å²) in [4.78, 5) is 31.5. The molecule has 1 fully saturated rings. The van der Waals surface area contributed by atoms with E-state index in [9.17, 15) is 9.59 Å². The number of carbonyl (C=O) groups is 3. The second-order valence-corrected chi connectivity index (χ2v) is 7.51. The van der Waals surface area contributed by atoms with E-state index in [0.29, 0.717) is 23.4 Å². The van der Waals surface area contributed by atoms with Crippen LogP contribution in [0.5, 0.6) is 0 Å². The molecule has 0 aromatic heterocycles. The highest BCUT2D eigenvalue weighted by atomic mass is 16.6. The molecule has 1 aliphatic rings. The molecule has 1 saturated heterocycles. The number of ether oxygens (including phenoxy) is 2. The Morgan fingerprint density at radius 3 is 2.19 bits per heavy atom. The maximum absolute atomic E-state index is 12.0. The molecular weight excluding hydrogens is 460 g/mol. The Kier molecular flexibility index (Phi) is 14.5. The molecule has 4 N–H and O–H groups in total. The normalized spacial score (nSPS) is 13.4. The smallest absolute Gasteiger partial charge is 0.411 e. The molecule has 0 aliphatic carbocycles. The molecule has 1 unspecified atom stereocenters. The summed E-state index contributed by atoms with van der Waals surface area (Å²) in [6.07, 6.45) is 1.66. The SMILES string of the molecule is C=O.CO.Cc1ccc(NC(=O)OCC2CCCO2)cc1.Nc1ccccc1C(=O)c1ccccc1. The van der Waals surface area contributed by atoms with Gasteiger partial charge in [-0.15, -0.1) is 0 Å². The van der Waals surface area contributed by atoms with Crippen molar-refractivity contribution in [2.75, 3.05) is 31.4 Å². The predicted molar refractivity (Wildman–Crippen MR) is 141 cm³/mol. The summed E-state index contributed by atoms with van der Waals surface area (Å²) in [5.41, 5.74) is 9.38. The number of benzene rings is 3. The molecule has 8 heteroatoms. The Morgan fingerprint density at radius 2 is 1.61 bits per heavy atom. The first-order valence-electron chi connectivity index (χ1n) is 11.3. The molecule has 4 rings (SSSR count). The summed E-state index contributed by atoms with van der Waals surface area (Å²) >= 11 is 0. The van der Waals surface area contributed by atoms with Crippen molar-refractivity contribution in [1.29, 1.82) is 0 Å². The lowest BCUT2D eigenvalue weighted by Gasteiger charge is -2.11. The van der Waals surface area contributed by atoms with Gasteiger partial charge in [0.15, 0.2) is 5.78 Å². The fraction of sp³-hybridized carbons (Fsp3) is 0.250. The number of aliphatic hydroxyl groups excluding tert-OH is 1. The minimum atomic E-state index is -0.427. The number of anilines is 2. The topological polar surface area (TPSA) is 128 Å². The number of carbonyl (C=O) groups excluding carboxylic acids is 3. The molecule has 0 radical (unpaired) electrons. The maximum atomic E-state index is 12.0. The van der Waals surface area contributed by atoms with Gasteiger partial charge in [-0.2, -0.15) is 0 Å². The van der Waals surface area contributed by atoms with Crippen LogP contribution in [-0.4, -0.2) is 50.2 Å². The number of aliphatic hydroxyl groups is 1. The van der Waals surface area contributed by atoms with E-state index in [1.807, 2.05) is 68.3 Å². The molecule has 3 aromatic carbocycles. The Labute approximate surface area is 212 Å². The van der Waals surface area contributed by atoms with Gasteiger partial charge in [0.25, 0.3) is 0 Å². The average molecular weight is 495 g/mol. The van der Waals surface area contributed by atoms with Crippen LogP contribution in [0, 0.1) is 6.92 Å². The predicted octanol–water partition coefficient (Wildman–Crippen LogP) is 4.65. The zero-order valence-corrected chi connectivity index (χ0v) is 20.7. The molecule has 0 saturated carbocycles. The monoisotopic (exact) mass is 494 g/mol. The van der Waals surface area contributed by atoms with E-state index in [1.165, 1.54) is 0 Å². The molecule has 0 spiro atoms. The summed E-state index contributed by atoms with van der Waals surface area (Å²) in [7, 11) is 1.00. The van der Waals surface area contributed by atoms with Gasteiger partial charge < -0.3 is 25.1 Å². The number of nitrogens with two attached hydrogens (primary N) is 1. The van der Waals surface area contributed by atoms with Crippen molar-refractivity contribution >= 4 is 30.0 Å². The van der Waals surface area contributed by atoms with Gasteiger partial charge in [-0.25, -0.2) is 4.79 Å².